The maximum Gasteiger partial charge on any atom is 0.235 e. The minimum atomic E-state index is -0.227. The lowest BCUT2D eigenvalue weighted by atomic mass is 10.0. The number of benzene rings is 2. The second kappa shape index (κ2) is 8.12. The number of anilines is 1. The number of nitrogens with one attached hydrogen (secondary N) is 1. The van der Waals surface area contributed by atoms with Crippen LogP contribution < -0.4 is 14.8 Å². The van der Waals surface area contributed by atoms with E-state index in [1.54, 1.807) is 28.9 Å². The fourth-order valence-corrected chi connectivity index (χ4v) is 4.86. The molecule has 2 heterocycles. The first-order valence-corrected chi connectivity index (χ1v) is 10.6. The molecule has 2 aromatic carbocycles. The highest BCUT2D eigenvalue weighted by Crippen LogP contribution is 2.48. The molecule has 1 aliphatic heterocycles. The fraction of sp³-hybridized carbons (Fsp3) is 0.238. The Morgan fingerprint density at radius 2 is 1.93 bits per heavy atom. The van der Waals surface area contributed by atoms with Crippen molar-refractivity contribution in [3.05, 3.63) is 58.2 Å². The topological polar surface area (TPSA) is 85.6 Å². The zero-order chi connectivity index (χ0) is 21.4. The van der Waals surface area contributed by atoms with Gasteiger partial charge in [-0.05, 0) is 42.8 Å². The van der Waals surface area contributed by atoms with E-state index in [0.717, 1.165) is 22.5 Å². The van der Waals surface area contributed by atoms with E-state index in [0.29, 0.717) is 22.3 Å². The highest BCUT2D eigenvalue weighted by molar-refractivity contribution is 8.00. The Hall–Kier alpha value is -2.84. The minimum Gasteiger partial charge on any atom is -0.502 e. The van der Waals surface area contributed by atoms with Gasteiger partial charge in [0.2, 0.25) is 11.7 Å². The third kappa shape index (κ3) is 3.57. The molecule has 0 saturated heterocycles. The summed E-state index contributed by atoms with van der Waals surface area (Å²) in [5.41, 5.74) is 3.23. The number of thioether (sulfide) groups is 1. The van der Waals surface area contributed by atoms with E-state index in [2.05, 4.69) is 10.4 Å². The van der Waals surface area contributed by atoms with Crippen molar-refractivity contribution in [1.29, 1.82) is 0 Å². The molecular weight excluding hydrogens is 426 g/mol. The zero-order valence-electron chi connectivity index (χ0n) is 16.6. The van der Waals surface area contributed by atoms with Crippen LogP contribution in [0.15, 0.2) is 36.4 Å². The molecule has 0 saturated carbocycles. The van der Waals surface area contributed by atoms with E-state index in [1.165, 1.54) is 26.0 Å². The van der Waals surface area contributed by atoms with Crippen LogP contribution in [0.2, 0.25) is 5.02 Å². The molecule has 1 aliphatic rings. The number of fused-ring (bicyclic) bond motifs is 1. The average molecular weight is 446 g/mol. The molecule has 3 aromatic rings. The number of carbonyl (C=O) groups excluding carboxylic acids is 1. The highest BCUT2D eigenvalue weighted by atomic mass is 35.5. The summed E-state index contributed by atoms with van der Waals surface area (Å²) in [6.07, 6.45) is 0. The van der Waals surface area contributed by atoms with Crippen molar-refractivity contribution in [2.75, 3.05) is 25.3 Å². The summed E-state index contributed by atoms with van der Waals surface area (Å²) in [5, 5.41) is 18.3. The van der Waals surface area contributed by atoms with Gasteiger partial charge >= 0.3 is 0 Å². The first-order chi connectivity index (χ1) is 14.4. The number of hydrogen-bond donors (Lipinski definition) is 2. The van der Waals surface area contributed by atoms with E-state index in [4.69, 9.17) is 21.1 Å². The molecule has 1 atom stereocenters. The van der Waals surface area contributed by atoms with Gasteiger partial charge in [-0.1, -0.05) is 17.7 Å². The lowest BCUT2D eigenvalue weighted by Crippen LogP contribution is -2.15. The molecule has 0 spiro atoms. The van der Waals surface area contributed by atoms with E-state index in [9.17, 15) is 9.90 Å². The van der Waals surface area contributed by atoms with Gasteiger partial charge in [0, 0.05) is 10.6 Å². The Morgan fingerprint density at radius 3 is 2.57 bits per heavy atom. The number of aromatic nitrogens is 2. The number of hydrogen-bond acceptors (Lipinski definition) is 6. The molecule has 30 heavy (non-hydrogen) atoms. The molecular formula is C21H20ClN3O4S. The van der Waals surface area contributed by atoms with Gasteiger partial charge in [-0.15, -0.1) is 11.8 Å². The number of ether oxygens (including phenoxy) is 2. The number of phenols is 1. The lowest BCUT2D eigenvalue weighted by Gasteiger charge is -2.18. The predicted octanol–water partition coefficient (Wildman–Crippen LogP) is 4.33. The predicted molar refractivity (Wildman–Crippen MR) is 117 cm³/mol. The first-order valence-electron chi connectivity index (χ1n) is 9.14. The quantitative estimate of drug-likeness (QED) is 0.621. The zero-order valence-corrected chi connectivity index (χ0v) is 18.2. The van der Waals surface area contributed by atoms with Crippen LogP contribution in [-0.2, 0) is 4.79 Å². The number of phenolic OH excluding ortho intramolecular Hbond substituents is 1. The van der Waals surface area contributed by atoms with Crippen molar-refractivity contribution < 1.29 is 19.4 Å². The minimum absolute atomic E-state index is 0.0665. The number of aromatic hydroxyl groups is 1. The van der Waals surface area contributed by atoms with E-state index < -0.39 is 0 Å². The van der Waals surface area contributed by atoms with Crippen LogP contribution in [0.25, 0.3) is 5.69 Å². The smallest absolute Gasteiger partial charge is 0.235 e. The summed E-state index contributed by atoms with van der Waals surface area (Å²) < 4.78 is 12.3. The second-order valence-corrected chi connectivity index (χ2v) is 8.28. The Labute approximate surface area is 182 Å². The number of carbonyl (C=O) groups is 1. The molecule has 0 radical (unpaired) electrons. The van der Waals surface area contributed by atoms with Gasteiger partial charge in [0.15, 0.2) is 11.5 Å². The largest absolute Gasteiger partial charge is 0.502 e. The Kier molecular flexibility index (Phi) is 5.53. The normalized spacial score (nSPS) is 15.9. The van der Waals surface area contributed by atoms with Crippen molar-refractivity contribution in [2.24, 2.45) is 0 Å². The summed E-state index contributed by atoms with van der Waals surface area (Å²) in [6, 6.07) is 10.8. The molecule has 2 N–H and O–H groups in total. The molecule has 1 aromatic heterocycles. The van der Waals surface area contributed by atoms with Crippen molar-refractivity contribution >= 4 is 35.1 Å². The Morgan fingerprint density at radius 1 is 1.23 bits per heavy atom. The van der Waals surface area contributed by atoms with Crippen LogP contribution in [0.3, 0.4) is 0 Å². The number of nitrogens with zero attached hydrogens (tertiary/aromatic N) is 2. The molecule has 156 valence electrons. The molecule has 0 aliphatic carbocycles. The number of amides is 1. The van der Waals surface area contributed by atoms with Crippen molar-refractivity contribution in [2.45, 2.75) is 12.2 Å². The molecule has 7 nitrogen and oxygen atoms in total. The molecule has 0 bridgehead atoms. The van der Waals surface area contributed by atoms with Gasteiger partial charge < -0.3 is 19.9 Å². The molecule has 9 heteroatoms. The third-order valence-electron chi connectivity index (χ3n) is 4.87. The Balaban J connectivity index is 1.91. The van der Waals surface area contributed by atoms with Gasteiger partial charge in [0.1, 0.15) is 5.82 Å². The summed E-state index contributed by atoms with van der Waals surface area (Å²) in [5.74, 6) is 1.28. The van der Waals surface area contributed by atoms with Crippen LogP contribution in [0.1, 0.15) is 22.1 Å². The van der Waals surface area contributed by atoms with Crippen LogP contribution in [-0.4, -0.2) is 40.8 Å². The van der Waals surface area contributed by atoms with Crippen LogP contribution in [0, 0.1) is 6.92 Å². The Bertz CT molecular complexity index is 1110. The summed E-state index contributed by atoms with van der Waals surface area (Å²) in [4.78, 5) is 12.5. The van der Waals surface area contributed by atoms with E-state index in [1.807, 2.05) is 19.1 Å². The van der Waals surface area contributed by atoms with Gasteiger partial charge in [0.25, 0.3) is 0 Å². The van der Waals surface area contributed by atoms with Crippen LogP contribution in [0.4, 0.5) is 5.82 Å². The van der Waals surface area contributed by atoms with Gasteiger partial charge in [-0.2, -0.15) is 5.10 Å². The standard InChI is InChI=1S/C21H20ClN3O4S/c1-11-18-20(12-7-15(28-2)19(27)16(8-12)29-3)30-10-17(26)23-21(18)25(24-11)14-6-4-5-13(22)9-14/h4-9,20,27H,10H2,1-3H3,(H,23,26)/t20-/m0/s1. The number of rotatable bonds is 4. The van der Waals surface area contributed by atoms with E-state index in [-0.39, 0.29) is 22.7 Å². The SMILES string of the molecule is COc1cc([C@@H]2SCC(=O)Nc3c2c(C)nn3-c2cccc(Cl)c2)cc(OC)c1O. The van der Waals surface area contributed by atoms with Crippen LogP contribution in [0.5, 0.6) is 17.2 Å². The lowest BCUT2D eigenvalue weighted by molar-refractivity contribution is -0.113. The van der Waals surface area contributed by atoms with E-state index >= 15 is 0 Å². The van der Waals surface area contributed by atoms with Gasteiger partial charge in [0.05, 0.1) is 36.6 Å². The molecule has 0 unspecified atom stereocenters. The molecule has 4 rings (SSSR count). The molecule has 0 fully saturated rings. The van der Waals surface area contributed by atoms with Crippen molar-refractivity contribution in [3.63, 3.8) is 0 Å². The number of aryl methyl sites for hydroxylation is 1. The van der Waals surface area contributed by atoms with Crippen molar-refractivity contribution in [3.8, 4) is 22.9 Å². The third-order valence-corrected chi connectivity index (χ3v) is 6.37. The maximum absolute atomic E-state index is 12.5. The monoisotopic (exact) mass is 445 g/mol. The highest BCUT2D eigenvalue weighted by Gasteiger charge is 2.31. The number of methoxy groups -OCH3 is 2. The second-order valence-electron chi connectivity index (χ2n) is 6.75. The number of halogens is 1. The van der Waals surface area contributed by atoms with Gasteiger partial charge in [-0.3, -0.25) is 4.79 Å². The average Bonchev–Trinajstić information content (AvgIpc) is 2.93. The fourth-order valence-electron chi connectivity index (χ4n) is 3.51. The maximum atomic E-state index is 12.5. The van der Waals surface area contributed by atoms with Crippen LogP contribution >= 0.6 is 23.4 Å². The van der Waals surface area contributed by atoms with Crippen molar-refractivity contribution in [1.82, 2.24) is 9.78 Å². The molecule has 1 amide bonds. The summed E-state index contributed by atoms with van der Waals surface area (Å²) in [6.45, 7) is 1.90. The summed E-state index contributed by atoms with van der Waals surface area (Å²) in [7, 11) is 2.97. The summed E-state index contributed by atoms with van der Waals surface area (Å²) >= 11 is 7.64. The van der Waals surface area contributed by atoms with Gasteiger partial charge in [-0.25, -0.2) is 4.68 Å². The first kappa shape index (κ1) is 20.4.